The number of pyridine rings is 1. The van der Waals surface area contributed by atoms with E-state index in [4.69, 9.17) is 25.0 Å². The number of amidine groups is 2. The van der Waals surface area contributed by atoms with Gasteiger partial charge < -0.3 is 9.80 Å². The van der Waals surface area contributed by atoms with Crippen LogP contribution in [-0.4, -0.2) is 76.1 Å². The van der Waals surface area contributed by atoms with Gasteiger partial charge in [0.15, 0.2) is 11.7 Å². The van der Waals surface area contributed by atoms with Crippen LogP contribution in [0.2, 0.25) is 0 Å². The Hall–Kier alpha value is -3.61. The van der Waals surface area contributed by atoms with Gasteiger partial charge in [0.05, 0.1) is 11.4 Å². The maximum Gasteiger partial charge on any atom is 0.174 e. The summed E-state index contributed by atoms with van der Waals surface area (Å²) >= 11 is 0. The SMILES string of the molecule is C1=CC2N=C(c3cccc(C4=NC5C=CC(N6CCCC6)=CC5=N4)n3)N=C2C=C1N1CCCC1. The van der Waals surface area contributed by atoms with Crippen LogP contribution in [0, 0.1) is 0 Å². The molecule has 5 heterocycles. The molecule has 1 aromatic rings. The molecule has 7 heteroatoms. The summed E-state index contributed by atoms with van der Waals surface area (Å²) in [7, 11) is 0. The van der Waals surface area contributed by atoms with Crippen LogP contribution >= 0.6 is 0 Å². The Kier molecular flexibility index (Phi) is 4.67. The number of rotatable bonds is 4. The quantitative estimate of drug-likeness (QED) is 0.708. The Morgan fingerprint density at radius 3 is 1.59 bits per heavy atom. The van der Waals surface area contributed by atoms with Crippen molar-refractivity contribution in [3.63, 3.8) is 0 Å². The summed E-state index contributed by atoms with van der Waals surface area (Å²) in [6.45, 7) is 4.50. The third kappa shape index (κ3) is 3.47. The van der Waals surface area contributed by atoms with E-state index in [0.29, 0.717) is 11.7 Å². The number of aliphatic imine (C=N–C) groups is 4. The summed E-state index contributed by atoms with van der Waals surface area (Å²) in [4.78, 5) is 29.1. The monoisotopic (exact) mass is 449 g/mol. The highest BCUT2D eigenvalue weighted by Gasteiger charge is 2.28. The first-order chi connectivity index (χ1) is 16.8. The van der Waals surface area contributed by atoms with Crippen LogP contribution in [0.25, 0.3) is 0 Å². The average molecular weight is 450 g/mol. The van der Waals surface area contributed by atoms with Gasteiger partial charge in [0.2, 0.25) is 0 Å². The molecule has 0 radical (unpaired) electrons. The third-order valence-electron chi connectivity index (χ3n) is 7.24. The fourth-order valence-corrected chi connectivity index (χ4v) is 5.40. The van der Waals surface area contributed by atoms with Crippen molar-refractivity contribution in [3.05, 3.63) is 77.4 Å². The van der Waals surface area contributed by atoms with Crippen LogP contribution in [0.5, 0.6) is 0 Å². The lowest BCUT2D eigenvalue weighted by Crippen LogP contribution is -2.23. The summed E-state index contributed by atoms with van der Waals surface area (Å²) in [6, 6.07) is 5.91. The van der Waals surface area contributed by atoms with Gasteiger partial charge in [-0.2, -0.15) is 0 Å². The minimum Gasteiger partial charge on any atom is -0.371 e. The number of hydrogen-bond acceptors (Lipinski definition) is 7. The molecule has 0 amide bonds. The molecule has 2 unspecified atom stereocenters. The van der Waals surface area contributed by atoms with E-state index < -0.39 is 0 Å². The molecule has 7 rings (SSSR count). The van der Waals surface area contributed by atoms with Crippen molar-refractivity contribution < 1.29 is 0 Å². The zero-order valence-corrected chi connectivity index (χ0v) is 19.1. The van der Waals surface area contributed by atoms with Crippen LogP contribution < -0.4 is 0 Å². The molecular weight excluding hydrogens is 422 g/mol. The number of likely N-dealkylation sites (tertiary alicyclic amines) is 2. The number of aromatic nitrogens is 1. The van der Waals surface area contributed by atoms with Crippen molar-refractivity contribution in [2.24, 2.45) is 20.0 Å². The summed E-state index contributed by atoms with van der Waals surface area (Å²) in [5, 5.41) is 0. The summed E-state index contributed by atoms with van der Waals surface area (Å²) in [5.41, 5.74) is 6.04. The van der Waals surface area contributed by atoms with Gasteiger partial charge in [-0.3, -0.25) is 9.98 Å². The summed E-state index contributed by atoms with van der Waals surface area (Å²) < 4.78 is 0. The molecule has 0 bridgehead atoms. The van der Waals surface area contributed by atoms with Crippen LogP contribution in [0.1, 0.15) is 37.1 Å². The maximum absolute atomic E-state index is 4.86. The fourth-order valence-electron chi connectivity index (χ4n) is 5.40. The molecule has 7 nitrogen and oxygen atoms in total. The Labute approximate surface area is 199 Å². The first-order valence-electron chi connectivity index (χ1n) is 12.4. The normalized spacial score (nSPS) is 27.2. The Morgan fingerprint density at radius 1 is 0.647 bits per heavy atom. The Balaban J connectivity index is 1.14. The second-order valence-corrected chi connectivity index (χ2v) is 9.52. The van der Waals surface area contributed by atoms with E-state index >= 15 is 0 Å². The van der Waals surface area contributed by atoms with E-state index in [1.165, 1.54) is 37.1 Å². The largest absolute Gasteiger partial charge is 0.371 e. The standard InChI is InChI=1S/C27H27N7/c1-2-13-33(12-1)18-8-10-20-24(16-18)31-26(29-20)22-6-5-7-23(28-22)27-30-21-11-9-19(17-25(21)32-27)34-14-3-4-15-34/h5-11,16-17,20-21H,1-4,12-15H2. The summed E-state index contributed by atoms with van der Waals surface area (Å²) in [6.07, 6.45) is 18.1. The highest BCUT2D eigenvalue weighted by Crippen LogP contribution is 2.25. The van der Waals surface area contributed by atoms with Crippen molar-refractivity contribution in [3.8, 4) is 0 Å². The minimum absolute atomic E-state index is 0.0157. The van der Waals surface area contributed by atoms with Crippen molar-refractivity contribution in [2.45, 2.75) is 37.8 Å². The molecule has 34 heavy (non-hydrogen) atoms. The lowest BCUT2D eigenvalue weighted by Gasteiger charge is -2.22. The van der Waals surface area contributed by atoms with Crippen LogP contribution in [-0.2, 0) is 0 Å². The molecule has 0 spiro atoms. The molecular formula is C27H27N7. The molecule has 2 fully saturated rings. The van der Waals surface area contributed by atoms with Crippen molar-refractivity contribution >= 4 is 23.1 Å². The molecule has 0 N–H and O–H groups in total. The lowest BCUT2D eigenvalue weighted by molar-refractivity contribution is 0.440. The molecule has 4 aliphatic heterocycles. The van der Waals surface area contributed by atoms with E-state index in [9.17, 15) is 0 Å². The molecule has 2 atom stereocenters. The Morgan fingerprint density at radius 2 is 1.12 bits per heavy atom. The van der Waals surface area contributed by atoms with E-state index in [1.807, 2.05) is 18.2 Å². The number of nitrogens with zero attached hydrogens (tertiary/aromatic N) is 7. The van der Waals surface area contributed by atoms with Gasteiger partial charge in [0, 0.05) is 37.6 Å². The van der Waals surface area contributed by atoms with Gasteiger partial charge in [0.25, 0.3) is 0 Å². The topological polar surface area (TPSA) is 68.8 Å². The highest BCUT2D eigenvalue weighted by atomic mass is 15.2. The second kappa shape index (κ2) is 8.01. The predicted octanol–water partition coefficient (Wildman–Crippen LogP) is 3.32. The molecule has 2 saturated heterocycles. The highest BCUT2D eigenvalue weighted by molar-refractivity contribution is 6.19. The zero-order chi connectivity index (χ0) is 22.5. The van der Waals surface area contributed by atoms with Gasteiger partial charge in [-0.15, -0.1) is 0 Å². The number of hydrogen-bond donors (Lipinski definition) is 0. The molecule has 170 valence electrons. The Bertz CT molecular complexity index is 1180. The average Bonchev–Trinajstić information content (AvgIpc) is 3.69. The second-order valence-electron chi connectivity index (χ2n) is 9.52. The van der Waals surface area contributed by atoms with E-state index in [0.717, 1.165) is 49.0 Å². The molecule has 2 aliphatic carbocycles. The first kappa shape index (κ1) is 19.8. The lowest BCUT2D eigenvalue weighted by atomic mass is 10.1. The predicted molar refractivity (Wildman–Crippen MR) is 136 cm³/mol. The van der Waals surface area contributed by atoms with Gasteiger partial charge in [0.1, 0.15) is 23.5 Å². The van der Waals surface area contributed by atoms with E-state index in [1.54, 1.807) is 0 Å². The van der Waals surface area contributed by atoms with Gasteiger partial charge in [-0.05, 0) is 62.1 Å². The number of fused-ring (bicyclic) bond motifs is 2. The first-order valence-corrected chi connectivity index (χ1v) is 12.4. The molecule has 0 aromatic carbocycles. The smallest absolute Gasteiger partial charge is 0.174 e. The minimum atomic E-state index is -0.0157. The summed E-state index contributed by atoms with van der Waals surface area (Å²) in [5.74, 6) is 1.37. The van der Waals surface area contributed by atoms with Crippen molar-refractivity contribution in [1.82, 2.24) is 14.8 Å². The molecule has 6 aliphatic rings. The van der Waals surface area contributed by atoms with E-state index in [2.05, 4.69) is 46.3 Å². The van der Waals surface area contributed by atoms with Crippen molar-refractivity contribution in [1.29, 1.82) is 0 Å². The van der Waals surface area contributed by atoms with E-state index in [-0.39, 0.29) is 12.1 Å². The fraction of sp³-hybridized carbons (Fsp3) is 0.370. The van der Waals surface area contributed by atoms with Crippen LogP contribution in [0.4, 0.5) is 0 Å². The van der Waals surface area contributed by atoms with Gasteiger partial charge in [-0.1, -0.05) is 18.2 Å². The molecule has 0 saturated carbocycles. The van der Waals surface area contributed by atoms with Crippen LogP contribution in [0.15, 0.2) is 86.0 Å². The third-order valence-corrected chi connectivity index (χ3v) is 7.24. The van der Waals surface area contributed by atoms with Crippen LogP contribution in [0.3, 0.4) is 0 Å². The molecule has 1 aromatic heterocycles. The maximum atomic E-state index is 4.86. The van der Waals surface area contributed by atoms with Crippen molar-refractivity contribution in [2.75, 3.05) is 26.2 Å². The number of allylic oxidation sites excluding steroid dienone is 2. The van der Waals surface area contributed by atoms with Gasteiger partial charge in [-0.25, -0.2) is 15.0 Å². The van der Waals surface area contributed by atoms with Gasteiger partial charge >= 0.3 is 0 Å². The zero-order valence-electron chi connectivity index (χ0n) is 19.1.